The number of rotatable bonds is 6. The molecule has 0 aliphatic heterocycles. The Morgan fingerprint density at radius 2 is 1.67 bits per heavy atom. The number of aryl methyl sites for hydroxylation is 1. The summed E-state index contributed by atoms with van der Waals surface area (Å²) in [6.45, 7) is 0.335. The van der Waals surface area contributed by atoms with E-state index >= 15 is 0 Å². The third-order valence-corrected chi connectivity index (χ3v) is 5.12. The second kappa shape index (κ2) is 6.74. The molecule has 0 heterocycles. The largest absolute Gasteiger partial charge is 0.399 e. The summed E-state index contributed by atoms with van der Waals surface area (Å²) in [5, 5.41) is 0. The Balaban J connectivity index is 1.98. The zero-order valence-electron chi connectivity index (χ0n) is 12.1. The molecule has 2 aromatic rings. The van der Waals surface area contributed by atoms with Crippen LogP contribution in [0.25, 0.3) is 0 Å². The van der Waals surface area contributed by atoms with Crippen molar-refractivity contribution in [1.29, 1.82) is 0 Å². The SMILES string of the molecule is CN(Cc1cccc(N)c1)S(=O)(=O)CCc1ccccc1. The number of sulfonamides is 1. The summed E-state index contributed by atoms with van der Waals surface area (Å²) in [4.78, 5) is 0. The lowest BCUT2D eigenvalue weighted by atomic mass is 10.2. The molecule has 0 unspecified atom stereocenters. The van der Waals surface area contributed by atoms with Crippen LogP contribution in [-0.4, -0.2) is 25.5 Å². The highest BCUT2D eigenvalue weighted by molar-refractivity contribution is 7.89. The highest BCUT2D eigenvalue weighted by Crippen LogP contribution is 2.12. The van der Waals surface area contributed by atoms with Crippen LogP contribution in [0.15, 0.2) is 54.6 Å². The Labute approximate surface area is 126 Å². The van der Waals surface area contributed by atoms with Gasteiger partial charge in [-0.1, -0.05) is 42.5 Å². The number of hydrogen-bond acceptors (Lipinski definition) is 3. The van der Waals surface area contributed by atoms with E-state index in [-0.39, 0.29) is 5.75 Å². The topological polar surface area (TPSA) is 63.4 Å². The van der Waals surface area contributed by atoms with Gasteiger partial charge in [-0.3, -0.25) is 0 Å². The molecule has 0 radical (unpaired) electrons. The quantitative estimate of drug-likeness (QED) is 0.833. The minimum Gasteiger partial charge on any atom is -0.399 e. The molecule has 2 N–H and O–H groups in total. The van der Waals surface area contributed by atoms with Crippen LogP contribution < -0.4 is 5.73 Å². The summed E-state index contributed by atoms with van der Waals surface area (Å²) in [5.41, 5.74) is 8.27. The molecule has 0 aliphatic rings. The van der Waals surface area contributed by atoms with Gasteiger partial charge in [0.05, 0.1) is 5.75 Å². The molecule has 0 saturated carbocycles. The molecule has 21 heavy (non-hydrogen) atoms. The van der Waals surface area contributed by atoms with E-state index in [1.807, 2.05) is 42.5 Å². The maximum absolute atomic E-state index is 12.3. The molecule has 112 valence electrons. The number of benzene rings is 2. The second-order valence-corrected chi connectivity index (χ2v) is 7.25. The normalized spacial score (nSPS) is 11.7. The predicted molar refractivity (Wildman–Crippen MR) is 86.3 cm³/mol. The van der Waals surface area contributed by atoms with Crippen molar-refractivity contribution in [1.82, 2.24) is 4.31 Å². The lowest BCUT2D eigenvalue weighted by molar-refractivity contribution is 0.466. The smallest absolute Gasteiger partial charge is 0.214 e. The van der Waals surface area contributed by atoms with Crippen LogP contribution in [0, 0.1) is 0 Å². The van der Waals surface area contributed by atoms with E-state index < -0.39 is 10.0 Å². The monoisotopic (exact) mass is 304 g/mol. The number of nitrogens with two attached hydrogens (primary N) is 1. The fraction of sp³-hybridized carbons (Fsp3) is 0.250. The standard InChI is InChI=1S/C16H20N2O2S/c1-18(13-15-8-5-9-16(17)12-15)21(19,20)11-10-14-6-3-2-4-7-14/h2-9,12H,10-11,13,17H2,1H3. The molecule has 0 spiro atoms. The molecule has 0 bridgehead atoms. The molecule has 0 fully saturated rings. The number of anilines is 1. The van der Waals surface area contributed by atoms with Gasteiger partial charge >= 0.3 is 0 Å². The van der Waals surface area contributed by atoms with E-state index in [1.54, 1.807) is 19.2 Å². The zero-order chi connectivity index (χ0) is 15.3. The van der Waals surface area contributed by atoms with Crippen LogP contribution in [0.4, 0.5) is 5.69 Å². The van der Waals surface area contributed by atoms with E-state index in [9.17, 15) is 8.42 Å². The van der Waals surface area contributed by atoms with E-state index in [2.05, 4.69) is 0 Å². The van der Waals surface area contributed by atoms with E-state index in [4.69, 9.17) is 5.73 Å². The van der Waals surface area contributed by atoms with Gasteiger partial charge in [0.15, 0.2) is 0 Å². The Morgan fingerprint density at radius 1 is 1.00 bits per heavy atom. The summed E-state index contributed by atoms with van der Waals surface area (Å²) < 4.78 is 26.0. The Hall–Kier alpha value is -1.85. The van der Waals surface area contributed by atoms with Gasteiger partial charge in [-0.05, 0) is 29.7 Å². The first-order valence-electron chi connectivity index (χ1n) is 6.80. The predicted octanol–water partition coefficient (Wildman–Crippen LogP) is 2.27. The summed E-state index contributed by atoms with van der Waals surface area (Å²) in [5.74, 6) is 0.107. The molecular formula is C16H20N2O2S. The van der Waals surface area contributed by atoms with Crippen molar-refractivity contribution >= 4 is 15.7 Å². The number of hydrogen-bond donors (Lipinski definition) is 1. The van der Waals surface area contributed by atoms with Gasteiger partial charge in [0.2, 0.25) is 10.0 Å². The second-order valence-electron chi connectivity index (χ2n) is 5.05. The van der Waals surface area contributed by atoms with Crippen molar-refractivity contribution < 1.29 is 8.42 Å². The summed E-state index contributed by atoms with van der Waals surface area (Å²) in [6.07, 6.45) is 0.518. The van der Waals surface area contributed by atoms with Gasteiger partial charge in [0.25, 0.3) is 0 Å². The van der Waals surface area contributed by atoms with Crippen molar-refractivity contribution in [2.24, 2.45) is 0 Å². The third kappa shape index (κ3) is 4.58. The molecule has 0 saturated heterocycles. The van der Waals surface area contributed by atoms with Gasteiger partial charge in [-0.2, -0.15) is 0 Å². The van der Waals surface area contributed by atoms with Crippen molar-refractivity contribution in [3.8, 4) is 0 Å². The first kappa shape index (κ1) is 15.5. The molecule has 0 aliphatic carbocycles. The van der Waals surface area contributed by atoms with Gasteiger partial charge in [-0.25, -0.2) is 12.7 Å². The van der Waals surface area contributed by atoms with Crippen LogP contribution in [0.2, 0.25) is 0 Å². The molecule has 0 atom stereocenters. The zero-order valence-corrected chi connectivity index (χ0v) is 12.9. The average molecular weight is 304 g/mol. The van der Waals surface area contributed by atoms with Crippen LogP contribution in [0.1, 0.15) is 11.1 Å². The van der Waals surface area contributed by atoms with Crippen LogP contribution >= 0.6 is 0 Å². The molecule has 4 nitrogen and oxygen atoms in total. The highest BCUT2D eigenvalue weighted by Gasteiger charge is 2.17. The average Bonchev–Trinajstić information content (AvgIpc) is 2.46. The summed E-state index contributed by atoms with van der Waals surface area (Å²) >= 11 is 0. The van der Waals surface area contributed by atoms with Gasteiger partial charge < -0.3 is 5.73 Å². The molecule has 0 aromatic heterocycles. The van der Waals surface area contributed by atoms with Gasteiger partial charge in [-0.15, -0.1) is 0 Å². The first-order chi connectivity index (χ1) is 9.97. The number of nitrogen functional groups attached to an aromatic ring is 1. The van der Waals surface area contributed by atoms with Gasteiger partial charge in [0.1, 0.15) is 0 Å². The summed E-state index contributed by atoms with van der Waals surface area (Å²) in [7, 11) is -1.68. The molecule has 5 heteroatoms. The number of nitrogens with zero attached hydrogens (tertiary/aromatic N) is 1. The fourth-order valence-corrected chi connectivity index (χ4v) is 3.25. The molecule has 2 rings (SSSR count). The maximum Gasteiger partial charge on any atom is 0.214 e. The lowest BCUT2D eigenvalue weighted by Gasteiger charge is -2.17. The minimum atomic E-state index is -3.28. The highest BCUT2D eigenvalue weighted by atomic mass is 32.2. The van der Waals surface area contributed by atoms with Crippen LogP contribution in [0.5, 0.6) is 0 Å². The minimum absolute atomic E-state index is 0.107. The van der Waals surface area contributed by atoms with E-state index in [1.165, 1.54) is 4.31 Å². The van der Waals surface area contributed by atoms with Crippen LogP contribution in [-0.2, 0) is 23.0 Å². The maximum atomic E-state index is 12.3. The van der Waals surface area contributed by atoms with Crippen molar-refractivity contribution in [2.75, 3.05) is 18.5 Å². The Kier molecular flexibility index (Phi) is 4.98. The summed E-state index contributed by atoms with van der Waals surface area (Å²) in [6, 6.07) is 16.9. The Morgan fingerprint density at radius 3 is 2.33 bits per heavy atom. The molecule has 0 amide bonds. The van der Waals surface area contributed by atoms with E-state index in [0.29, 0.717) is 18.7 Å². The van der Waals surface area contributed by atoms with E-state index in [0.717, 1.165) is 11.1 Å². The van der Waals surface area contributed by atoms with Crippen LogP contribution in [0.3, 0.4) is 0 Å². The molecule has 2 aromatic carbocycles. The first-order valence-corrected chi connectivity index (χ1v) is 8.41. The Bertz CT molecular complexity index is 684. The van der Waals surface area contributed by atoms with Gasteiger partial charge in [0, 0.05) is 19.3 Å². The lowest BCUT2D eigenvalue weighted by Crippen LogP contribution is -2.29. The van der Waals surface area contributed by atoms with Crippen molar-refractivity contribution in [2.45, 2.75) is 13.0 Å². The van der Waals surface area contributed by atoms with Crippen molar-refractivity contribution in [3.63, 3.8) is 0 Å². The third-order valence-electron chi connectivity index (χ3n) is 3.32. The molecular weight excluding hydrogens is 284 g/mol. The fourth-order valence-electron chi connectivity index (χ4n) is 2.09. The van der Waals surface area contributed by atoms with Crippen molar-refractivity contribution in [3.05, 3.63) is 65.7 Å².